The zero-order valence-electron chi connectivity index (χ0n) is 6.46. The number of pyridine rings is 1. The van der Waals surface area contributed by atoms with Gasteiger partial charge in [-0.15, -0.1) is 0 Å². The monoisotopic (exact) mass is 140 g/mol. The molecule has 0 aromatic carbocycles. The Balaban J connectivity index is 3.27. The number of hydrogen-bond donors (Lipinski definition) is 0. The first-order valence-corrected chi connectivity index (χ1v) is 3.19. The predicted molar refractivity (Wildman–Crippen MR) is 40.9 cm³/mol. The maximum atomic E-state index is 8.66. The maximum absolute atomic E-state index is 8.66. The zero-order chi connectivity index (χ0) is 8.27. The van der Waals surface area contributed by atoms with Gasteiger partial charge in [-0.1, -0.05) is 0 Å². The van der Waals surface area contributed by atoms with E-state index in [1.807, 2.05) is 23.8 Å². The SMILES string of the molecule is [Li][c]1ccnc(OC)c1C#N. The van der Waals surface area contributed by atoms with Gasteiger partial charge in [-0.25, -0.2) is 0 Å². The molecule has 11 heavy (non-hydrogen) atoms. The Bertz CT molecular complexity index is 306. The van der Waals surface area contributed by atoms with Crippen LogP contribution < -0.4 is 8.97 Å². The summed E-state index contributed by atoms with van der Waals surface area (Å²) in [4.78, 5) is 3.88. The number of ether oxygens (including phenoxy) is 1. The molecule has 0 radical (unpaired) electrons. The first-order valence-electron chi connectivity index (χ1n) is 3.19. The van der Waals surface area contributed by atoms with Crippen molar-refractivity contribution in [1.29, 1.82) is 5.26 Å². The van der Waals surface area contributed by atoms with Crippen LogP contribution in [0.4, 0.5) is 0 Å². The van der Waals surface area contributed by atoms with Gasteiger partial charge in [0.15, 0.2) is 0 Å². The second-order valence-corrected chi connectivity index (χ2v) is 2.12. The van der Waals surface area contributed by atoms with Crippen molar-refractivity contribution >= 4 is 22.0 Å². The fourth-order valence-corrected chi connectivity index (χ4v) is 0.824. The Morgan fingerprint density at radius 2 is 2.45 bits per heavy atom. The molecular formula is C7H5LiN2O. The van der Waals surface area contributed by atoms with E-state index < -0.39 is 0 Å². The van der Waals surface area contributed by atoms with Crippen LogP contribution in [-0.2, 0) is 0 Å². The van der Waals surface area contributed by atoms with Gasteiger partial charge in [0.25, 0.3) is 0 Å². The molecule has 0 atom stereocenters. The molecule has 0 unspecified atom stereocenters. The molecule has 1 aromatic heterocycles. The third-order valence-corrected chi connectivity index (χ3v) is 1.43. The van der Waals surface area contributed by atoms with Gasteiger partial charge < -0.3 is 0 Å². The molecule has 0 aliphatic heterocycles. The Kier molecular flexibility index (Phi) is 2.54. The topological polar surface area (TPSA) is 45.9 Å². The van der Waals surface area contributed by atoms with Crippen molar-refractivity contribution in [3.63, 3.8) is 0 Å². The van der Waals surface area contributed by atoms with E-state index in [4.69, 9.17) is 10.00 Å². The van der Waals surface area contributed by atoms with Gasteiger partial charge in [0.05, 0.1) is 0 Å². The third kappa shape index (κ3) is 1.54. The van der Waals surface area contributed by atoms with Crippen LogP contribution in [0.25, 0.3) is 0 Å². The van der Waals surface area contributed by atoms with Crippen molar-refractivity contribution in [1.82, 2.24) is 4.98 Å². The fourth-order valence-electron chi connectivity index (χ4n) is 0.824. The van der Waals surface area contributed by atoms with E-state index in [2.05, 4.69) is 4.98 Å². The molecule has 3 nitrogen and oxygen atoms in total. The standard InChI is InChI=1S/C7H5N2O.Li/c1-10-7-6(5-8)3-2-4-9-7;/h2,4H,1H3;. The minimum absolute atomic E-state index is 0.396. The minimum atomic E-state index is 0.396. The zero-order valence-corrected chi connectivity index (χ0v) is 6.46. The first kappa shape index (κ1) is 8.14. The van der Waals surface area contributed by atoms with Crippen LogP contribution in [-0.4, -0.2) is 29.8 Å². The van der Waals surface area contributed by atoms with Crippen molar-refractivity contribution in [3.05, 3.63) is 17.8 Å². The summed E-state index contributed by atoms with van der Waals surface area (Å²) >= 11 is 1.85. The Morgan fingerprint density at radius 3 is 2.91 bits per heavy atom. The Hall–Kier alpha value is -0.963. The molecule has 50 valence electrons. The average Bonchev–Trinajstić information content (AvgIpc) is 2.04. The molecule has 1 rings (SSSR count). The van der Waals surface area contributed by atoms with E-state index in [-0.39, 0.29) is 0 Å². The van der Waals surface area contributed by atoms with Crippen LogP contribution in [0.5, 0.6) is 5.88 Å². The van der Waals surface area contributed by atoms with Crippen LogP contribution in [0, 0.1) is 11.3 Å². The van der Waals surface area contributed by atoms with E-state index in [0.29, 0.717) is 11.4 Å². The summed E-state index contributed by atoms with van der Waals surface area (Å²) in [5.74, 6) is 0.396. The van der Waals surface area contributed by atoms with Gasteiger partial charge in [0, 0.05) is 0 Å². The number of rotatable bonds is 1. The van der Waals surface area contributed by atoms with Crippen LogP contribution in [0.3, 0.4) is 0 Å². The van der Waals surface area contributed by atoms with Gasteiger partial charge in [0.2, 0.25) is 0 Å². The number of aromatic nitrogens is 1. The van der Waals surface area contributed by atoms with Crippen molar-refractivity contribution in [2.24, 2.45) is 0 Å². The molecule has 1 aromatic rings. The number of methoxy groups -OCH3 is 1. The summed E-state index contributed by atoms with van der Waals surface area (Å²) in [6, 6.07) is 3.81. The van der Waals surface area contributed by atoms with Gasteiger partial charge in [-0.3, -0.25) is 0 Å². The molecule has 4 heteroatoms. The fraction of sp³-hybridized carbons (Fsp3) is 0.143. The van der Waals surface area contributed by atoms with Gasteiger partial charge in [0.1, 0.15) is 0 Å². The molecule has 0 N–H and O–H groups in total. The van der Waals surface area contributed by atoms with Gasteiger partial charge in [-0.05, 0) is 0 Å². The van der Waals surface area contributed by atoms with E-state index >= 15 is 0 Å². The molecule has 1 heterocycles. The summed E-state index contributed by atoms with van der Waals surface area (Å²) in [7, 11) is 1.50. The number of nitriles is 1. The van der Waals surface area contributed by atoms with Crippen molar-refractivity contribution in [2.75, 3.05) is 7.11 Å². The molecule has 0 spiro atoms. The van der Waals surface area contributed by atoms with Gasteiger partial charge in [-0.2, -0.15) is 0 Å². The van der Waals surface area contributed by atoms with E-state index in [0.717, 1.165) is 4.24 Å². The molecule has 0 bridgehead atoms. The van der Waals surface area contributed by atoms with Crippen molar-refractivity contribution < 1.29 is 4.74 Å². The molecule has 0 saturated carbocycles. The Morgan fingerprint density at radius 1 is 1.73 bits per heavy atom. The molecule has 0 aliphatic carbocycles. The van der Waals surface area contributed by atoms with Crippen LogP contribution in [0.1, 0.15) is 5.56 Å². The summed E-state index contributed by atoms with van der Waals surface area (Å²) in [6.07, 6.45) is 1.62. The summed E-state index contributed by atoms with van der Waals surface area (Å²) < 4.78 is 5.77. The molecule has 0 saturated heterocycles. The summed E-state index contributed by atoms with van der Waals surface area (Å²) in [5.41, 5.74) is 0.509. The van der Waals surface area contributed by atoms with E-state index in [9.17, 15) is 0 Å². The molecule has 0 amide bonds. The number of nitrogens with zero attached hydrogens (tertiary/aromatic N) is 2. The predicted octanol–water partition coefficient (Wildman–Crippen LogP) is -0.244. The number of hydrogen-bond acceptors (Lipinski definition) is 3. The molecule has 0 aliphatic rings. The first-order chi connectivity index (χ1) is 5.29. The summed E-state index contributed by atoms with van der Waals surface area (Å²) in [5, 5.41) is 8.66. The van der Waals surface area contributed by atoms with Crippen molar-refractivity contribution in [2.45, 2.75) is 0 Å². The van der Waals surface area contributed by atoms with E-state index in [1.165, 1.54) is 7.11 Å². The van der Waals surface area contributed by atoms with E-state index in [1.54, 1.807) is 12.3 Å². The molecule has 0 fully saturated rings. The van der Waals surface area contributed by atoms with Gasteiger partial charge >= 0.3 is 73.8 Å². The van der Waals surface area contributed by atoms with Crippen molar-refractivity contribution in [3.8, 4) is 11.9 Å². The average molecular weight is 140 g/mol. The molecular weight excluding hydrogens is 135 g/mol. The quantitative estimate of drug-likeness (QED) is 0.505. The second kappa shape index (κ2) is 3.43. The third-order valence-electron chi connectivity index (χ3n) is 1.43. The second-order valence-electron chi connectivity index (χ2n) is 2.12. The normalized spacial score (nSPS) is 8.91. The van der Waals surface area contributed by atoms with Crippen LogP contribution in [0.15, 0.2) is 12.3 Å². The van der Waals surface area contributed by atoms with Crippen LogP contribution >= 0.6 is 0 Å². The Labute approximate surface area is 74.2 Å². The van der Waals surface area contributed by atoms with Crippen LogP contribution in [0.2, 0.25) is 0 Å². The summed E-state index contributed by atoms with van der Waals surface area (Å²) in [6.45, 7) is 0.